The summed E-state index contributed by atoms with van der Waals surface area (Å²) in [5.41, 5.74) is 5.09. The Morgan fingerprint density at radius 1 is 1.35 bits per heavy atom. The van der Waals surface area contributed by atoms with Gasteiger partial charge in [-0.25, -0.2) is 21.2 Å². The minimum atomic E-state index is -4.27. The van der Waals surface area contributed by atoms with Gasteiger partial charge in [-0.3, -0.25) is 5.41 Å². The summed E-state index contributed by atoms with van der Waals surface area (Å²) in [6, 6.07) is 2.50. The summed E-state index contributed by atoms with van der Waals surface area (Å²) in [6.07, 6.45) is 0.885. The largest absolute Gasteiger partial charge is 0.387 e. The third-order valence-corrected chi connectivity index (χ3v) is 5.34. The normalized spacial score (nSPS) is 12.6. The van der Waals surface area contributed by atoms with E-state index in [9.17, 15) is 21.2 Å². The number of likely N-dealkylation sites (N-methyl/N-ethyl adjacent to an activating group) is 1. The molecule has 0 unspecified atom stereocenters. The van der Waals surface area contributed by atoms with Crippen molar-refractivity contribution >= 4 is 25.7 Å². The molecule has 0 aliphatic rings. The summed E-state index contributed by atoms with van der Waals surface area (Å²) in [5, 5.41) is 7.04. The van der Waals surface area contributed by atoms with Crippen molar-refractivity contribution in [1.82, 2.24) is 4.31 Å². The zero-order valence-electron chi connectivity index (χ0n) is 10.8. The van der Waals surface area contributed by atoms with Gasteiger partial charge in [-0.05, 0) is 18.2 Å². The number of rotatable bonds is 5. The molecule has 0 saturated heterocycles. The van der Waals surface area contributed by atoms with E-state index in [1.165, 1.54) is 0 Å². The number of sulfone groups is 1. The molecule has 1 aromatic carbocycles. The lowest BCUT2D eigenvalue weighted by atomic mass is 10.3. The Morgan fingerprint density at radius 3 is 2.35 bits per heavy atom. The van der Waals surface area contributed by atoms with Gasteiger partial charge in [0, 0.05) is 13.3 Å². The third kappa shape index (κ3) is 3.52. The molecule has 0 bridgehead atoms. The highest BCUT2D eigenvalue weighted by atomic mass is 32.2. The van der Waals surface area contributed by atoms with E-state index in [1.807, 2.05) is 0 Å². The van der Waals surface area contributed by atoms with Crippen LogP contribution in [0, 0.1) is 11.2 Å². The first-order valence-corrected chi connectivity index (χ1v) is 8.58. The average molecular weight is 323 g/mol. The lowest BCUT2D eigenvalue weighted by molar-refractivity contribution is 0.493. The first-order chi connectivity index (χ1) is 8.96. The number of halogens is 1. The predicted octanol–water partition coefficient (Wildman–Crippen LogP) is -0.214. The lowest BCUT2D eigenvalue weighted by Gasteiger charge is -2.17. The van der Waals surface area contributed by atoms with Crippen molar-refractivity contribution in [2.45, 2.75) is 9.79 Å². The second-order valence-electron chi connectivity index (χ2n) is 4.15. The van der Waals surface area contributed by atoms with Gasteiger partial charge < -0.3 is 5.73 Å². The summed E-state index contributed by atoms with van der Waals surface area (Å²) in [7, 11) is -6.83. The Bertz CT molecular complexity index is 744. The van der Waals surface area contributed by atoms with Gasteiger partial charge in [0.2, 0.25) is 10.0 Å². The number of amidine groups is 1. The molecular formula is C10H14FN3O4S2. The molecule has 0 spiro atoms. The molecule has 7 nitrogen and oxygen atoms in total. The Balaban J connectivity index is 3.42. The van der Waals surface area contributed by atoms with Gasteiger partial charge in [-0.15, -0.1) is 0 Å². The molecule has 0 aliphatic carbocycles. The molecule has 20 heavy (non-hydrogen) atoms. The maximum atomic E-state index is 13.7. The molecule has 0 atom stereocenters. The molecule has 0 saturated carbocycles. The molecule has 0 aromatic heterocycles. The van der Waals surface area contributed by atoms with Crippen LogP contribution in [-0.2, 0) is 19.9 Å². The lowest BCUT2D eigenvalue weighted by Crippen LogP contribution is -2.35. The predicted molar refractivity (Wildman–Crippen MR) is 71.2 cm³/mol. The van der Waals surface area contributed by atoms with E-state index in [1.54, 1.807) is 0 Å². The number of nitrogens with two attached hydrogens (primary N) is 1. The van der Waals surface area contributed by atoms with Gasteiger partial charge in [0.15, 0.2) is 9.84 Å². The van der Waals surface area contributed by atoms with E-state index in [-0.39, 0.29) is 4.90 Å². The number of nitrogens with one attached hydrogen (secondary N) is 1. The molecule has 0 radical (unpaired) electrons. The van der Waals surface area contributed by atoms with Crippen LogP contribution in [0.15, 0.2) is 28.0 Å². The first-order valence-electron chi connectivity index (χ1n) is 5.25. The standard InChI is InChI=1S/C10H14FN3O4S2/c1-14(6-10(12)13)20(17,18)9-5-7(19(2,15)16)3-4-8(9)11/h3-5H,6H2,1-2H3,(H3,12,13). The molecule has 1 rings (SSSR count). The van der Waals surface area contributed by atoms with Gasteiger partial charge in [0.1, 0.15) is 16.5 Å². The molecule has 0 heterocycles. The molecule has 0 aliphatic heterocycles. The van der Waals surface area contributed by atoms with Crippen LogP contribution in [0.1, 0.15) is 0 Å². The van der Waals surface area contributed by atoms with Gasteiger partial charge in [-0.1, -0.05) is 0 Å². The summed E-state index contributed by atoms with van der Waals surface area (Å²) >= 11 is 0. The van der Waals surface area contributed by atoms with Crippen LogP contribution in [0.3, 0.4) is 0 Å². The molecular weight excluding hydrogens is 309 g/mol. The van der Waals surface area contributed by atoms with E-state index in [0.29, 0.717) is 4.31 Å². The zero-order valence-corrected chi connectivity index (χ0v) is 12.4. The van der Waals surface area contributed by atoms with E-state index < -0.39 is 43.0 Å². The monoisotopic (exact) mass is 323 g/mol. The van der Waals surface area contributed by atoms with E-state index in [2.05, 4.69) is 0 Å². The van der Waals surface area contributed by atoms with Crippen molar-refractivity contribution in [3.63, 3.8) is 0 Å². The van der Waals surface area contributed by atoms with Gasteiger partial charge >= 0.3 is 0 Å². The fourth-order valence-corrected chi connectivity index (χ4v) is 3.36. The molecule has 10 heteroatoms. The van der Waals surface area contributed by atoms with E-state index in [4.69, 9.17) is 11.1 Å². The Kier molecular flexibility index (Phi) is 4.52. The van der Waals surface area contributed by atoms with Crippen molar-refractivity contribution in [3.8, 4) is 0 Å². The number of benzene rings is 1. The second-order valence-corrected chi connectivity index (χ2v) is 8.18. The quantitative estimate of drug-likeness (QED) is 0.441. The molecule has 0 amide bonds. The Labute approximate surface area is 116 Å². The van der Waals surface area contributed by atoms with Crippen molar-refractivity contribution < 1.29 is 21.2 Å². The first kappa shape index (κ1) is 16.5. The SMILES string of the molecule is CN(CC(=N)N)S(=O)(=O)c1cc(S(C)(=O)=O)ccc1F. The number of nitrogens with zero attached hydrogens (tertiary/aromatic N) is 1. The van der Waals surface area contributed by atoms with Gasteiger partial charge in [0.25, 0.3) is 0 Å². The van der Waals surface area contributed by atoms with E-state index >= 15 is 0 Å². The van der Waals surface area contributed by atoms with Crippen LogP contribution in [-0.4, -0.2) is 46.8 Å². The fourth-order valence-electron chi connectivity index (χ4n) is 1.40. The third-order valence-electron chi connectivity index (χ3n) is 2.41. The summed E-state index contributed by atoms with van der Waals surface area (Å²) in [6.45, 7) is -0.426. The fraction of sp³-hybridized carbons (Fsp3) is 0.300. The van der Waals surface area contributed by atoms with Crippen LogP contribution in [0.5, 0.6) is 0 Å². The van der Waals surface area contributed by atoms with Crippen LogP contribution >= 0.6 is 0 Å². The average Bonchev–Trinajstić information content (AvgIpc) is 2.26. The number of sulfonamides is 1. The van der Waals surface area contributed by atoms with Gasteiger partial charge in [-0.2, -0.15) is 4.31 Å². The second kappa shape index (κ2) is 5.46. The topological polar surface area (TPSA) is 121 Å². The van der Waals surface area contributed by atoms with Crippen LogP contribution in [0.4, 0.5) is 4.39 Å². The molecule has 0 fully saturated rings. The van der Waals surface area contributed by atoms with Crippen molar-refractivity contribution in [2.24, 2.45) is 5.73 Å². The maximum absolute atomic E-state index is 13.7. The maximum Gasteiger partial charge on any atom is 0.246 e. The zero-order chi connectivity index (χ0) is 15.7. The molecule has 3 N–H and O–H groups in total. The highest BCUT2D eigenvalue weighted by Crippen LogP contribution is 2.22. The summed E-state index contributed by atoms with van der Waals surface area (Å²) in [4.78, 5) is -1.09. The minimum Gasteiger partial charge on any atom is -0.387 e. The van der Waals surface area contributed by atoms with Crippen molar-refractivity contribution in [2.75, 3.05) is 19.8 Å². The summed E-state index contributed by atoms with van der Waals surface area (Å²) < 4.78 is 61.3. The van der Waals surface area contributed by atoms with E-state index in [0.717, 1.165) is 31.5 Å². The smallest absolute Gasteiger partial charge is 0.246 e. The Hall–Kier alpha value is -1.52. The van der Waals surface area contributed by atoms with Crippen LogP contribution in [0.25, 0.3) is 0 Å². The van der Waals surface area contributed by atoms with Gasteiger partial charge in [0.05, 0.1) is 11.4 Å². The molecule has 1 aromatic rings. The molecule has 112 valence electrons. The van der Waals surface area contributed by atoms with Crippen molar-refractivity contribution in [3.05, 3.63) is 24.0 Å². The highest BCUT2D eigenvalue weighted by Gasteiger charge is 2.26. The van der Waals surface area contributed by atoms with Crippen LogP contribution in [0.2, 0.25) is 0 Å². The number of hydrogen-bond acceptors (Lipinski definition) is 5. The van der Waals surface area contributed by atoms with Crippen LogP contribution < -0.4 is 5.73 Å². The highest BCUT2D eigenvalue weighted by molar-refractivity contribution is 7.91. The Morgan fingerprint density at radius 2 is 1.90 bits per heavy atom. The summed E-state index contributed by atoms with van der Waals surface area (Å²) in [5.74, 6) is -1.50. The van der Waals surface area contributed by atoms with Crippen molar-refractivity contribution in [1.29, 1.82) is 5.41 Å². The number of hydrogen-bond donors (Lipinski definition) is 2. The minimum absolute atomic E-state index is 0.311.